The van der Waals surface area contributed by atoms with Crippen molar-refractivity contribution in [1.82, 2.24) is 0 Å². The van der Waals surface area contributed by atoms with Gasteiger partial charge >= 0.3 is 0 Å². The molecule has 0 amide bonds. The van der Waals surface area contributed by atoms with Crippen LogP contribution in [0.2, 0.25) is 0 Å². The highest BCUT2D eigenvalue weighted by Gasteiger charge is 2.60. The fourth-order valence-corrected chi connectivity index (χ4v) is 3.64. The van der Waals surface area contributed by atoms with E-state index in [1.165, 1.54) is 36.8 Å². The lowest BCUT2D eigenvalue weighted by atomic mass is 9.68. The van der Waals surface area contributed by atoms with Crippen LogP contribution in [0.5, 0.6) is 0 Å². The standard InChI is InChI=1S/C15H20O/c1-11-5-2-3-8-14(11)15(9-13(15)10-16)12-6-4-7-12/h2-3,5,8,12-13,16H,4,6-7,9-10H2,1H3. The molecule has 0 saturated heterocycles. The summed E-state index contributed by atoms with van der Waals surface area (Å²) in [6.45, 7) is 2.58. The zero-order valence-corrected chi connectivity index (χ0v) is 9.95. The largest absolute Gasteiger partial charge is 0.396 e. The molecule has 0 aromatic heterocycles. The molecule has 3 rings (SSSR count). The Labute approximate surface area is 97.5 Å². The van der Waals surface area contributed by atoms with E-state index in [0.29, 0.717) is 17.9 Å². The van der Waals surface area contributed by atoms with Gasteiger partial charge in [-0.25, -0.2) is 0 Å². The number of aryl methyl sites for hydroxylation is 1. The number of benzene rings is 1. The van der Waals surface area contributed by atoms with E-state index in [-0.39, 0.29) is 0 Å². The Hall–Kier alpha value is -0.820. The molecule has 0 aliphatic heterocycles. The van der Waals surface area contributed by atoms with E-state index in [2.05, 4.69) is 31.2 Å². The fourth-order valence-electron chi connectivity index (χ4n) is 3.64. The summed E-state index contributed by atoms with van der Waals surface area (Å²) in [6, 6.07) is 8.75. The van der Waals surface area contributed by atoms with Gasteiger partial charge in [0, 0.05) is 12.0 Å². The first-order chi connectivity index (χ1) is 7.79. The van der Waals surface area contributed by atoms with E-state index in [1.54, 1.807) is 0 Å². The molecule has 1 nitrogen and oxygen atoms in total. The zero-order valence-electron chi connectivity index (χ0n) is 9.95. The van der Waals surface area contributed by atoms with Crippen molar-refractivity contribution in [3.63, 3.8) is 0 Å². The molecule has 0 spiro atoms. The van der Waals surface area contributed by atoms with Crippen LogP contribution in [0.4, 0.5) is 0 Å². The molecule has 2 aliphatic rings. The lowest BCUT2D eigenvalue weighted by Crippen LogP contribution is -2.30. The highest BCUT2D eigenvalue weighted by molar-refractivity contribution is 5.41. The third-order valence-electron chi connectivity index (χ3n) is 4.85. The Morgan fingerprint density at radius 3 is 2.56 bits per heavy atom. The van der Waals surface area contributed by atoms with Gasteiger partial charge in [0.15, 0.2) is 0 Å². The van der Waals surface area contributed by atoms with Crippen molar-refractivity contribution in [3.05, 3.63) is 35.4 Å². The fraction of sp³-hybridized carbons (Fsp3) is 0.600. The first kappa shape index (κ1) is 10.3. The highest BCUT2D eigenvalue weighted by atomic mass is 16.3. The minimum Gasteiger partial charge on any atom is -0.396 e. The van der Waals surface area contributed by atoms with Crippen molar-refractivity contribution < 1.29 is 5.11 Å². The SMILES string of the molecule is Cc1ccccc1C1(C2CCC2)CC1CO. The summed E-state index contributed by atoms with van der Waals surface area (Å²) in [7, 11) is 0. The average molecular weight is 216 g/mol. The minimum atomic E-state index is 0.346. The van der Waals surface area contributed by atoms with Gasteiger partial charge in [0.25, 0.3) is 0 Å². The molecule has 2 unspecified atom stereocenters. The van der Waals surface area contributed by atoms with E-state index in [1.807, 2.05) is 0 Å². The highest BCUT2D eigenvalue weighted by Crippen LogP contribution is 2.64. The molecule has 1 heteroatoms. The molecular weight excluding hydrogens is 196 g/mol. The maximum atomic E-state index is 9.46. The number of rotatable bonds is 3. The van der Waals surface area contributed by atoms with Gasteiger partial charge in [0.2, 0.25) is 0 Å². The van der Waals surface area contributed by atoms with E-state index < -0.39 is 0 Å². The number of aliphatic hydroxyl groups is 1. The van der Waals surface area contributed by atoms with Gasteiger partial charge in [-0.1, -0.05) is 30.7 Å². The third kappa shape index (κ3) is 1.27. The molecule has 16 heavy (non-hydrogen) atoms. The zero-order chi connectivity index (χ0) is 11.2. The van der Waals surface area contributed by atoms with Gasteiger partial charge in [-0.05, 0) is 49.1 Å². The Bertz CT molecular complexity index is 394. The second-order valence-corrected chi connectivity index (χ2v) is 5.57. The molecule has 2 saturated carbocycles. The molecule has 86 valence electrons. The molecule has 2 fully saturated rings. The molecule has 2 aliphatic carbocycles. The van der Waals surface area contributed by atoms with Crippen molar-refractivity contribution in [3.8, 4) is 0 Å². The Morgan fingerprint density at radius 1 is 1.31 bits per heavy atom. The van der Waals surface area contributed by atoms with Gasteiger partial charge in [0.05, 0.1) is 0 Å². The Kier molecular flexibility index (Phi) is 2.32. The van der Waals surface area contributed by atoms with E-state index in [4.69, 9.17) is 0 Å². The lowest BCUT2D eigenvalue weighted by molar-refractivity contribution is 0.196. The second-order valence-electron chi connectivity index (χ2n) is 5.57. The number of aliphatic hydroxyl groups excluding tert-OH is 1. The van der Waals surface area contributed by atoms with Crippen molar-refractivity contribution in [1.29, 1.82) is 0 Å². The molecule has 1 aromatic carbocycles. The van der Waals surface area contributed by atoms with Gasteiger partial charge in [0.1, 0.15) is 0 Å². The molecule has 2 atom stereocenters. The predicted octanol–water partition coefficient (Wildman–Crippen LogP) is 3.05. The van der Waals surface area contributed by atoms with Crippen LogP contribution in [-0.2, 0) is 5.41 Å². The van der Waals surface area contributed by atoms with Crippen LogP contribution in [0.15, 0.2) is 24.3 Å². The molecular formula is C15H20O. The van der Waals surface area contributed by atoms with E-state index >= 15 is 0 Å². The van der Waals surface area contributed by atoms with Gasteiger partial charge < -0.3 is 5.11 Å². The number of hydrogen-bond donors (Lipinski definition) is 1. The Morgan fingerprint density at radius 2 is 2.06 bits per heavy atom. The van der Waals surface area contributed by atoms with E-state index in [0.717, 1.165) is 5.92 Å². The van der Waals surface area contributed by atoms with Crippen molar-refractivity contribution >= 4 is 0 Å². The summed E-state index contributed by atoms with van der Waals surface area (Å²) in [5, 5.41) is 9.46. The normalized spacial score (nSPS) is 33.5. The lowest BCUT2D eigenvalue weighted by Gasteiger charge is -2.36. The van der Waals surface area contributed by atoms with Crippen molar-refractivity contribution in [2.75, 3.05) is 6.61 Å². The second kappa shape index (κ2) is 3.59. The first-order valence-corrected chi connectivity index (χ1v) is 6.46. The number of hydrogen-bond acceptors (Lipinski definition) is 1. The van der Waals surface area contributed by atoms with Crippen LogP contribution >= 0.6 is 0 Å². The summed E-state index contributed by atoms with van der Waals surface area (Å²) in [5.74, 6) is 1.37. The summed E-state index contributed by atoms with van der Waals surface area (Å²) in [5.41, 5.74) is 3.27. The minimum absolute atomic E-state index is 0.346. The maximum Gasteiger partial charge on any atom is 0.0468 e. The molecule has 0 heterocycles. The van der Waals surface area contributed by atoms with Crippen molar-refractivity contribution in [2.45, 2.75) is 38.0 Å². The molecule has 1 N–H and O–H groups in total. The monoisotopic (exact) mass is 216 g/mol. The third-order valence-corrected chi connectivity index (χ3v) is 4.85. The van der Waals surface area contributed by atoms with Gasteiger partial charge in [-0.3, -0.25) is 0 Å². The molecule has 1 aromatic rings. The van der Waals surface area contributed by atoms with Crippen LogP contribution in [0.25, 0.3) is 0 Å². The maximum absolute atomic E-state index is 9.46. The first-order valence-electron chi connectivity index (χ1n) is 6.46. The summed E-state index contributed by atoms with van der Waals surface area (Å²) < 4.78 is 0. The molecule has 0 bridgehead atoms. The summed E-state index contributed by atoms with van der Waals surface area (Å²) in [6.07, 6.45) is 5.32. The Balaban J connectivity index is 1.98. The summed E-state index contributed by atoms with van der Waals surface area (Å²) in [4.78, 5) is 0. The molecule has 0 radical (unpaired) electrons. The summed E-state index contributed by atoms with van der Waals surface area (Å²) >= 11 is 0. The smallest absolute Gasteiger partial charge is 0.0468 e. The predicted molar refractivity (Wildman–Crippen MR) is 65.4 cm³/mol. The quantitative estimate of drug-likeness (QED) is 0.823. The van der Waals surface area contributed by atoms with Crippen molar-refractivity contribution in [2.24, 2.45) is 11.8 Å². The topological polar surface area (TPSA) is 20.2 Å². The van der Waals surface area contributed by atoms with Crippen LogP contribution < -0.4 is 0 Å². The van der Waals surface area contributed by atoms with Crippen LogP contribution in [0.1, 0.15) is 36.8 Å². The van der Waals surface area contributed by atoms with Gasteiger partial charge in [-0.15, -0.1) is 0 Å². The van der Waals surface area contributed by atoms with Gasteiger partial charge in [-0.2, -0.15) is 0 Å². The van der Waals surface area contributed by atoms with Crippen LogP contribution in [0, 0.1) is 18.8 Å². The average Bonchev–Trinajstić information content (AvgIpc) is 2.91. The van der Waals surface area contributed by atoms with E-state index in [9.17, 15) is 5.11 Å². The van der Waals surface area contributed by atoms with Crippen LogP contribution in [0.3, 0.4) is 0 Å². The van der Waals surface area contributed by atoms with Crippen LogP contribution in [-0.4, -0.2) is 11.7 Å².